The van der Waals surface area contributed by atoms with Gasteiger partial charge in [-0.2, -0.15) is 0 Å². The summed E-state index contributed by atoms with van der Waals surface area (Å²) in [5.74, 6) is -0.304. The van der Waals surface area contributed by atoms with Crippen LogP contribution < -0.4 is 9.47 Å². The molecule has 7 heteroatoms. The standard InChI is InChI=1S/C19H21NO6/c1-20-6-5-18-14-9-8-13(20)19(18,24)4-3-11(21)16(18)26-15(14)12(25-2)7-10(9)17(22)23/h7,13,16,24H,3-6,8H2,1-2H3,(H,22,23)/t13-,16+,18+,19-/m1/s1. The molecular weight excluding hydrogens is 338 g/mol. The van der Waals surface area contributed by atoms with Crippen molar-refractivity contribution in [2.24, 2.45) is 0 Å². The summed E-state index contributed by atoms with van der Waals surface area (Å²) in [4.78, 5) is 26.8. The van der Waals surface area contributed by atoms with Gasteiger partial charge < -0.3 is 24.6 Å². The molecule has 2 fully saturated rings. The van der Waals surface area contributed by atoms with Crippen LogP contribution in [0.1, 0.15) is 40.7 Å². The lowest BCUT2D eigenvalue weighted by Gasteiger charge is -2.62. The molecule has 5 rings (SSSR count). The Hall–Kier alpha value is -2.12. The fraction of sp³-hybridized carbons (Fsp3) is 0.579. The third-order valence-electron chi connectivity index (χ3n) is 7.09. The van der Waals surface area contributed by atoms with E-state index < -0.39 is 23.1 Å². The second kappa shape index (κ2) is 4.78. The number of benzene rings is 1. The number of ketones is 1. The number of rotatable bonds is 2. The summed E-state index contributed by atoms with van der Waals surface area (Å²) in [6.45, 7) is 0.721. The van der Waals surface area contributed by atoms with E-state index >= 15 is 0 Å². The molecule has 1 aromatic rings. The molecule has 7 nitrogen and oxygen atoms in total. The van der Waals surface area contributed by atoms with Gasteiger partial charge >= 0.3 is 5.97 Å². The third kappa shape index (κ3) is 1.53. The van der Waals surface area contributed by atoms with Crippen LogP contribution in [0, 0.1) is 0 Å². The van der Waals surface area contributed by atoms with Crippen LogP contribution in [0.3, 0.4) is 0 Å². The first kappa shape index (κ1) is 16.1. The van der Waals surface area contributed by atoms with Gasteiger partial charge in [0.25, 0.3) is 0 Å². The van der Waals surface area contributed by atoms with Gasteiger partial charge in [0, 0.05) is 18.0 Å². The Kier molecular flexibility index (Phi) is 2.96. The molecule has 26 heavy (non-hydrogen) atoms. The summed E-state index contributed by atoms with van der Waals surface area (Å²) in [5, 5.41) is 21.6. The SMILES string of the molecule is COc1cc(C(=O)O)c2c3c1O[C@H]1C(=O)CC[C@@]4(O)[C@@H](C2)N(C)CC[C@]314. The summed E-state index contributed by atoms with van der Waals surface area (Å²) < 4.78 is 11.5. The number of carbonyl (C=O) groups is 2. The zero-order chi connectivity index (χ0) is 18.4. The Morgan fingerprint density at radius 1 is 1.42 bits per heavy atom. The monoisotopic (exact) mass is 359 g/mol. The molecule has 2 N–H and O–H groups in total. The van der Waals surface area contributed by atoms with E-state index in [2.05, 4.69) is 4.90 Å². The van der Waals surface area contributed by atoms with E-state index in [9.17, 15) is 19.8 Å². The van der Waals surface area contributed by atoms with Gasteiger partial charge in [0.1, 0.15) is 0 Å². The fourth-order valence-electron chi connectivity index (χ4n) is 5.95. The van der Waals surface area contributed by atoms with Crippen molar-refractivity contribution in [2.75, 3.05) is 20.7 Å². The number of nitrogens with zero attached hydrogens (tertiary/aromatic N) is 1. The van der Waals surface area contributed by atoms with Crippen LogP contribution in [0.5, 0.6) is 11.5 Å². The predicted octanol–water partition coefficient (Wildman–Crippen LogP) is 0.746. The maximum absolute atomic E-state index is 12.8. The number of piperidine rings is 1. The molecule has 2 aliphatic carbocycles. The average molecular weight is 359 g/mol. The smallest absolute Gasteiger partial charge is 0.336 e. The Bertz CT molecular complexity index is 866. The van der Waals surface area contributed by atoms with E-state index in [0.29, 0.717) is 41.9 Å². The number of hydrogen-bond acceptors (Lipinski definition) is 6. The Labute approximate surface area is 150 Å². The zero-order valence-corrected chi connectivity index (χ0v) is 14.7. The molecule has 1 spiro atoms. The molecule has 0 amide bonds. The Morgan fingerprint density at radius 3 is 2.88 bits per heavy atom. The molecule has 0 aromatic heterocycles. The quantitative estimate of drug-likeness (QED) is 0.804. The van der Waals surface area contributed by atoms with Crippen molar-refractivity contribution in [1.82, 2.24) is 4.90 Å². The summed E-state index contributed by atoms with van der Waals surface area (Å²) in [6.07, 6.45) is 0.847. The van der Waals surface area contributed by atoms with Crippen LogP contribution >= 0.6 is 0 Å². The van der Waals surface area contributed by atoms with Crippen molar-refractivity contribution in [3.05, 3.63) is 22.8 Å². The number of likely N-dealkylation sites (N-methyl/N-ethyl adjacent to an activating group) is 1. The summed E-state index contributed by atoms with van der Waals surface area (Å²) in [7, 11) is 3.41. The molecule has 4 aliphatic rings. The molecule has 2 heterocycles. The number of methoxy groups -OCH3 is 1. The average Bonchev–Trinajstić information content (AvgIpc) is 2.96. The predicted molar refractivity (Wildman–Crippen MR) is 90.0 cm³/mol. The largest absolute Gasteiger partial charge is 0.493 e. The second-order valence-electron chi connectivity index (χ2n) is 7.92. The highest BCUT2D eigenvalue weighted by molar-refractivity contribution is 5.95. The lowest BCUT2D eigenvalue weighted by atomic mass is 9.48. The van der Waals surface area contributed by atoms with Gasteiger partial charge in [0.05, 0.1) is 23.7 Å². The summed E-state index contributed by atoms with van der Waals surface area (Å²) in [5.41, 5.74) is -0.462. The maximum atomic E-state index is 12.8. The maximum Gasteiger partial charge on any atom is 0.336 e. The summed E-state index contributed by atoms with van der Waals surface area (Å²) in [6, 6.07) is 1.25. The zero-order valence-electron chi connectivity index (χ0n) is 14.7. The molecular formula is C19H21NO6. The Balaban J connectivity index is 1.90. The lowest BCUT2D eigenvalue weighted by Crippen LogP contribution is -2.76. The first-order valence-corrected chi connectivity index (χ1v) is 8.95. The van der Waals surface area contributed by atoms with Crippen LogP contribution in [0.2, 0.25) is 0 Å². The van der Waals surface area contributed by atoms with E-state index in [1.165, 1.54) is 13.2 Å². The van der Waals surface area contributed by atoms with Gasteiger partial charge in [-0.15, -0.1) is 0 Å². The van der Waals surface area contributed by atoms with E-state index in [1.807, 2.05) is 7.05 Å². The van der Waals surface area contributed by atoms with Gasteiger partial charge in [-0.1, -0.05) is 0 Å². The molecule has 138 valence electrons. The molecule has 1 saturated carbocycles. The van der Waals surface area contributed by atoms with E-state index in [1.54, 1.807) is 0 Å². The molecule has 1 saturated heterocycles. The highest BCUT2D eigenvalue weighted by atomic mass is 16.5. The first-order valence-electron chi connectivity index (χ1n) is 8.95. The van der Waals surface area contributed by atoms with Crippen LogP contribution in [-0.4, -0.2) is 65.3 Å². The molecule has 2 bridgehead atoms. The first-order chi connectivity index (χ1) is 12.3. The van der Waals surface area contributed by atoms with Crippen LogP contribution in [0.4, 0.5) is 0 Å². The van der Waals surface area contributed by atoms with Crippen molar-refractivity contribution in [3.63, 3.8) is 0 Å². The van der Waals surface area contributed by atoms with Crippen molar-refractivity contribution < 1.29 is 29.3 Å². The van der Waals surface area contributed by atoms with Crippen molar-refractivity contribution in [2.45, 2.75) is 48.8 Å². The minimum absolute atomic E-state index is 0.0269. The molecule has 0 unspecified atom stereocenters. The van der Waals surface area contributed by atoms with Gasteiger partial charge in [-0.25, -0.2) is 4.79 Å². The third-order valence-corrected chi connectivity index (χ3v) is 7.09. The Morgan fingerprint density at radius 2 is 2.19 bits per heavy atom. The molecule has 1 aromatic carbocycles. The normalized spacial score (nSPS) is 37.1. The molecule has 0 radical (unpaired) electrons. The number of hydrogen-bond donors (Lipinski definition) is 2. The lowest BCUT2D eigenvalue weighted by molar-refractivity contribution is -0.185. The van der Waals surface area contributed by atoms with Crippen molar-refractivity contribution in [3.8, 4) is 11.5 Å². The number of aliphatic hydroxyl groups is 1. The van der Waals surface area contributed by atoms with Crippen LogP contribution in [0.25, 0.3) is 0 Å². The summed E-state index contributed by atoms with van der Waals surface area (Å²) >= 11 is 0. The molecule has 4 atom stereocenters. The van der Waals surface area contributed by atoms with E-state index in [-0.39, 0.29) is 23.8 Å². The van der Waals surface area contributed by atoms with Crippen molar-refractivity contribution in [1.29, 1.82) is 0 Å². The highest BCUT2D eigenvalue weighted by Gasteiger charge is 2.73. The van der Waals surface area contributed by atoms with Crippen molar-refractivity contribution >= 4 is 11.8 Å². The van der Waals surface area contributed by atoms with Crippen LogP contribution in [-0.2, 0) is 16.6 Å². The number of carbonyl (C=O) groups excluding carboxylic acids is 1. The number of aromatic carboxylic acids is 1. The molecule has 2 aliphatic heterocycles. The highest BCUT2D eigenvalue weighted by Crippen LogP contribution is 2.65. The minimum atomic E-state index is -1.11. The fourth-order valence-corrected chi connectivity index (χ4v) is 5.95. The van der Waals surface area contributed by atoms with Gasteiger partial charge in [0.15, 0.2) is 23.4 Å². The number of carboxylic acids is 1. The van der Waals surface area contributed by atoms with Gasteiger partial charge in [0.2, 0.25) is 0 Å². The number of likely N-dealkylation sites (tertiary alicyclic amines) is 1. The number of carboxylic acid groups (broad SMARTS) is 1. The van der Waals surface area contributed by atoms with Crippen LogP contribution in [0.15, 0.2) is 6.07 Å². The van der Waals surface area contributed by atoms with Gasteiger partial charge in [-0.3, -0.25) is 4.79 Å². The minimum Gasteiger partial charge on any atom is -0.493 e. The van der Waals surface area contributed by atoms with Gasteiger partial charge in [-0.05, 0) is 44.5 Å². The number of ether oxygens (including phenoxy) is 2. The number of Topliss-reactive ketones (excluding diaryl/α,β-unsaturated/α-hetero) is 1. The van der Waals surface area contributed by atoms with E-state index in [4.69, 9.17) is 9.47 Å². The second-order valence-corrected chi connectivity index (χ2v) is 7.92. The van der Waals surface area contributed by atoms with E-state index in [0.717, 1.165) is 6.54 Å². The topological polar surface area (TPSA) is 96.3 Å².